The number of ether oxygens (including phenoxy) is 2. The van der Waals surface area contributed by atoms with Crippen molar-refractivity contribution in [3.05, 3.63) is 29.8 Å². The zero-order chi connectivity index (χ0) is 16.8. The van der Waals surface area contributed by atoms with Crippen LogP contribution in [0.5, 0.6) is 11.5 Å². The number of methoxy groups -OCH3 is 2. The summed E-state index contributed by atoms with van der Waals surface area (Å²) in [6, 6.07) is 6.02. The fourth-order valence-corrected chi connectivity index (χ4v) is 3.14. The molecular weight excluding hydrogens is 290 g/mol. The lowest BCUT2D eigenvalue weighted by Crippen LogP contribution is -2.37. The lowest BCUT2D eigenvalue weighted by atomic mass is 9.94. The minimum atomic E-state index is 0.0623. The topological polar surface area (TPSA) is 38.8 Å². The molecule has 23 heavy (non-hydrogen) atoms. The molecule has 2 rings (SSSR count). The van der Waals surface area contributed by atoms with Crippen molar-refractivity contribution in [3.8, 4) is 11.5 Å². The van der Waals surface area contributed by atoms with Gasteiger partial charge in [-0.15, -0.1) is 0 Å². The largest absolute Gasteiger partial charge is 0.497 e. The van der Waals surface area contributed by atoms with Crippen LogP contribution in [-0.4, -0.2) is 38.1 Å². The van der Waals surface area contributed by atoms with Crippen molar-refractivity contribution in [2.75, 3.05) is 21.3 Å². The summed E-state index contributed by atoms with van der Waals surface area (Å²) >= 11 is 0. The molecule has 0 aromatic heterocycles. The van der Waals surface area contributed by atoms with Crippen LogP contribution in [0.15, 0.2) is 24.3 Å². The second-order valence-electron chi connectivity index (χ2n) is 6.13. The van der Waals surface area contributed by atoms with Crippen molar-refractivity contribution in [1.82, 2.24) is 4.90 Å². The van der Waals surface area contributed by atoms with E-state index in [0.717, 1.165) is 29.7 Å². The highest BCUT2D eigenvalue weighted by atomic mass is 16.5. The number of rotatable bonds is 5. The summed E-state index contributed by atoms with van der Waals surface area (Å²) in [5, 5.41) is 0. The summed E-state index contributed by atoms with van der Waals surface area (Å²) in [6.45, 7) is 1.94. The van der Waals surface area contributed by atoms with Crippen LogP contribution in [0.4, 0.5) is 0 Å². The van der Waals surface area contributed by atoms with Gasteiger partial charge in [-0.05, 0) is 37.5 Å². The Bertz CT molecular complexity index is 574. The Morgan fingerprint density at radius 3 is 2.48 bits per heavy atom. The van der Waals surface area contributed by atoms with Crippen LogP contribution in [0.1, 0.15) is 44.6 Å². The molecular formula is C19H27NO3. The summed E-state index contributed by atoms with van der Waals surface area (Å²) in [4.78, 5) is 14.4. The molecule has 4 heteroatoms. The van der Waals surface area contributed by atoms with Crippen molar-refractivity contribution in [1.29, 1.82) is 0 Å². The molecule has 0 spiro atoms. The van der Waals surface area contributed by atoms with Crippen LogP contribution >= 0.6 is 0 Å². The Hall–Kier alpha value is -1.97. The average Bonchev–Trinajstić information content (AvgIpc) is 2.60. The molecule has 1 aliphatic rings. The Labute approximate surface area is 139 Å². The van der Waals surface area contributed by atoms with Crippen molar-refractivity contribution in [2.24, 2.45) is 0 Å². The van der Waals surface area contributed by atoms with E-state index in [1.54, 1.807) is 20.3 Å². The Morgan fingerprint density at radius 1 is 1.17 bits per heavy atom. The third kappa shape index (κ3) is 4.27. The summed E-state index contributed by atoms with van der Waals surface area (Å²) in [5.41, 5.74) is 1.82. The summed E-state index contributed by atoms with van der Waals surface area (Å²) < 4.78 is 10.6. The van der Waals surface area contributed by atoms with Gasteiger partial charge in [0.25, 0.3) is 0 Å². The van der Waals surface area contributed by atoms with Crippen LogP contribution in [0.2, 0.25) is 0 Å². The number of likely N-dealkylation sites (N-methyl/N-ethyl adjacent to an activating group) is 1. The highest BCUT2D eigenvalue weighted by Gasteiger charge is 2.21. The Balaban J connectivity index is 2.16. The first-order valence-corrected chi connectivity index (χ1v) is 8.24. The van der Waals surface area contributed by atoms with Crippen LogP contribution in [0, 0.1) is 0 Å². The van der Waals surface area contributed by atoms with Crippen molar-refractivity contribution >= 4 is 11.5 Å². The second-order valence-corrected chi connectivity index (χ2v) is 6.13. The average molecular weight is 317 g/mol. The van der Waals surface area contributed by atoms with E-state index in [-0.39, 0.29) is 5.91 Å². The molecule has 0 radical (unpaired) electrons. The van der Waals surface area contributed by atoms with E-state index in [0.29, 0.717) is 11.8 Å². The first-order chi connectivity index (χ1) is 11.1. The predicted octanol–water partition coefficient (Wildman–Crippen LogP) is 3.90. The van der Waals surface area contributed by atoms with Gasteiger partial charge in [-0.3, -0.25) is 4.79 Å². The Kier molecular flexibility index (Phi) is 6.08. The summed E-state index contributed by atoms with van der Waals surface area (Å²) in [6.07, 6.45) is 7.66. The fraction of sp³-hybridized carbons (Fsp3) is 0.526. The minimum Gasteiger partial charge on any atom is -0.497 e. The van der Waals surface area contributed by atoms with Gasteiger partial charge in [-0.2, -0.15) is 0 Å². The highest BCUT2D eigenvalue weighted by molar-refractivity contribution is 5.95. The van der Waals surface area contributed by atoms with Crippen molar-refractivity contribution < 1.29 is 14.3 Å². The number of hydrogen-bond acceptors (Lipinski definition) is 3. The maximum atomic E-state index is 12.5. The van der Waals surface area contributed by atoms with Gasteiger partial charge in [0.05, 0.1) is 14.2 Å². The quantitative estimate of drug-likeness (QED) is 0.773. The van der Waals surface area contributed by atoms with Gasteiger partial charge in [0.1, 0.15) is 11.5 Å². The molecule has 1 aromatic carbocycles. The predicted molar refractivity (Wildman–Crippen MR) is 92.8 cm³/mol. The van der Waals surface area contributed by atoms with Crippen LogP contribution in [0.3, 0.4) is 0 Å². The van der Waals surface area contributed by atoms with E-state index in [1.807, 2.05) is 37.1 Å². The molecule has 1 amide bonds. The van der Waals surface area contributed by atoms with Crippen LogP contribution < -0.4 is 9.47 Å². The number of benzene rings is 1. The monoisotopic (exact) mass is 317 g/mol. The van der Waals surface area contributed by atoms with Gasteiger partial charge in [0.2, 0.25) is 5.91 Å². The molecule has 0 unspecified atom stereocenters. The highest BCUT2D eigenvalue weighted by Crippen LogP contribution is 2.30. The van der Waals surface area contributed by atoms with E-state index in [9.17, 15) is 4.79 Å². The van der Waals surface area contributed by atoms with Crippen molar-refractivity contribution in [2.45, 2.75) is 45.1 Å². The Morgan fingerprint density at radius 2 is 1.87 bits per heavy atom. The number of hydrogen-bond donors (Lipinski definition) is 0. The van der Waals surface area contributed by atoms with Crippen LogP contribution in [0.25, 0.3) is 5.57 Å². The normalized spacial score (nSPS) is 16.1. The fourth-order valence-electron chi connectivity index (χ4n) is 3.14. The molecule has 1 aliphatic carbocycles. The lowest BCUT2D eigenvalue weighted by molar-refractivity contribution is -0.127. The van der Waals surface area contributed by atoms with Gasteiger partial charge in [0.15, 0.2) is 0 Å². The van der Waals surface area contributed by atoms with Crippen molar-refractivity contribution in [3.63, 3.8) is 0 Å². The first kappa shape index (κ1) is 17.4. The molecule has 0 atom stereocenters. The zero-order valence-electron chi connectivity index (χ0n) is 14.6. The molecule has 1 fully saturated rings. The number of carbonyl (C=O) groups is 1. The molecule has 1 saturated carbocycles. The maximum absolute atomic E-state index is 12.5. The van der Waals surface area contributed by atoms with E-state index in [4.69, 9.17) is 9.47 Å². The van der Waals surface area contributed by atoms with E-state index < -0.39 is 0 Å². The van der Waals surface area contributed by atoms with Gasteiger partial charge in [-0.1, -0.05) is 19.3 Å². The second kappa shape index (κ2) is 8.04. The third-order valence-electron chi connectivity index (χ3n) is 4.64. The third-order valence-corrected chi connectivity index (χ3v) is 4.64. The standard InChI is InChI=1S/C19H27NO3/c1-14(17-11-10-16(22-3)13-18(17)23-4)12-19(21)20(2)15-8-6-5-7-9-15/h10-13,15H,5-9H2,1-4H3/b14-12+. The minimum absolute atomic E-state index is 0.0623. The van der Waals surface area contributed by atoms with Crippen LogP contribution in [-0.2, 0) is 4.79 Å². The van der Waals surface area contributed by atoms with E-state index in [2.05, 4.69) is 0 Å². The molecule has 0 saturated heterocycles. The molecule has 126 valence electrons. The number of allylic oxidation sites excluding steroid dienone is 1. The molecule has 4 nitrogen and oxygen atoms in total. The van der Waals surface area contributed by atoms with Gasteiger partial charge >= 0.3 is 0 Å². The lowest BCUT2D eigenvalue weighted by Gasteiger charge is -2.30. The SMILES string of the molecule is COc1ccc(/C(C)=C/C(=O)N(C)C2CCCCC2)c(OC)c1. The summed E-state index contributed by atoms with van der Waals surface area (Å²) in [5.74, 6) is 1.52. The maximum Gasteiger partial charge on any atom is 0.246 e. The molecule has 0 N–H and O–H groups in total. The molecule has 1 aromatic rings. The van der Waals surface area contributed by atoms with Gasteiger partial charge in [0, 0.05) is 30.8 Å². The number of carbonyl (C=O) groups excluding carboxylic acids is 1. The van der Waals surface area contributed by atoms with Gasteiger partial charge < -0.3 is 14.4 Å². The molecule has 0 heterocycles. The molecule has 0 bridgehead atoms. The smallest absolute Gasteiger partial charge is 0.246 e. The summed E-state index contributed by atoms with van der Waals surface area (Å²) in [7, 11) is 5.16. The first-order valence-electron chi connectivity index (χ1n) is 8.24. The number of amides is 1. The molecule has 0 aliphatic heterocycles. The zero-order valence-corrected chi connectivity index (χ0v) is 14.6. The number of nitrogens with zero attached hydrogens (tertiary/aromatic N) is 1. The van der Waals surface area contributed by atoms with E-state index in [1.165, 1.54) is 19.3 Å². The van der Waals surface area contributed by atoms with E-state index >= 15 is 0 Å². The van der Waals surface area contributed by atoms with Gasteiger partial charge in [-0.25, -0.2) is 0 Å².